The summed E-state index contributed by atoms with van der Waals surface area (Å²) in [6.07, 6.45) is 1.71. The molecule has 11 nitrogen and oxygen atoms in total. The van der Waals surface area contributed by atoms with Gasteiger partial charge in [0.25, 0.3) is 5.69 Å². The fourth-order valence-corrected chi connectivity index (χ4v) is 3.21. The van der Waals surface area contributed by atoms with Crippen LogP contribution in [0.15, 0.2) is 45.6 Å². The average molecular weight is 408 g/mol. The molecule has 0 unspecified atom stereocenters. The number of ether oxygens (including phenoxy) is 2. The van der Waals surface area contributed by atoms with Crippen LogP contribution in [-0.4, -0.2) is 35.4 Å². The molecule has 4 rings (SSSR count). The van der Waals surface area contributed by atoms with Gasteiger partial charge in [0.05, 0.1) is 16.8 Å². The number of nitrogens with two attached hydrogens (primary N) is 1. The van der Waals surface area contributed by atoms with Gasteiger partial charge < -0.3 is 15.2 Å². The summed E-state index contributed by atoms with van der Waals surface area (Å²) in [4.78, 5) is 21.6. The SMILES string of the molecule is Cc1cc(C2=NN=C(C=NNC(N)=O)Cc3cc4c(cc32)OCO4)ccc1[N+](=O)[O-]. The molecule has 2 heterocycles. The lowest BCUT2D eigenvalue weighted by Crippen LogP contribution is -2.25. The third-order valence-electron chi connectivity index (χ3n) is 4.56. The maximum Gasteiger partial charge on any atom is 0.332 e. The fraction of sp³-hybridized carbons (Fsp3) is 0.158. The number of nitro groups is 1. The summed E-state index contributed by atoms with van der Waals surface area (Å²) in [6, 6.07) is 7.60. The van der Waals surface area contributed by atoms with Gasteiger partial charge >= 0.3 is 6.03 Å². The van der Waals surface area contributed by atoms with E-state index in [0.29, 0.717) is 40.5 Å². The molecule has 2 amide bonds. The van der Waals surface area contributed by atoms with Crippen molar-refractivity contribution < 1.29 is 19.2 Å². The number of carbonyl (C=O) groups excluding carboxylic acids is 1. The van der Waals surface area contributed by atoms with E-state index in [-0.39, 0.29) is 12.5 Å². The second-order valence-electron chi connectivity index (χ2n) is 6.57. The average Bonchev–Trinajstić information content (AvgIpc) is 3.06. The van der Waals surface area contributed by atoms with Crippen molar-refractivity contribution in [2.24, 2.45) is 21.0 Å². The Labute approximate surface area is 170 Å². The topological polar surface area (TPSA) is 154 Å². The smallest absolute Gasteiger partial charge is 0.332 e. The molecule has 2 aliphatic rings. The molecule has 2 aromatic carbocycles. The first kappa shape index (κ1) is 19.1. The van der Waals surface area contributed by atoms with Gasteiger partial charge in [-0.15, -0.1) is 5.10 Å². The first-order valence-corrected chi connectivity index (χ1v) is 8.83. The van der Waals surface area contributed by atoms with Crippen molar-refractivity contribution in [3.63, 3.8) is 0 Å². The number of carbonyl (C=O) groups is 1. The van der Waals surface area contributed by atoms with Crippen LogP contribution in [0.3, 0.4) is 0 Å². The normalized spacial score (nSPS) is 14.6. The van der Waals surface area contributed by atoms with Crippen LogP contribution in [0.2, 0.25) is 0 Å². The molecule has 2 aliphatic heterocycles. The molecule has 152 valence electrons. The highest BCUT2D eigenvalue weighted by Crippen LogP contribution is 2.37. The minimum Gasteiger partial charge on any atom is -0.454 e. The van der Waals surface area contributed by atoms with E-state index >= 15 is 0 Å². The highest BCUT2D eigenvalue weighted by Gasteiger charge is 2.24. The number of amides is 2. The standard InChI is InChI=1S/C19H16N6O5/c1-10-4-11(2-3-15(10)25(27)28)18-14-7-17-16(29-9-30-17)6-12(14)5-13(22-23-18)8-21-24-19(20)26/h2-4,6-8H,5,9H2,1H3,(H3,20,24,26). The van der Waals surface area contributed by atoms with Crippen molar-refractivity contribution in [2.75, 3.05) is 6.79 Å². The summed E-state index contributed by atoms with van der Waals surface area (Å²) in [5, 5.41) is 23.5. The van der Waals surface area contributed by atoms with Crippen LogP contribution < -0.4 is 20.6 Å². The lowest BCUT2D eigenvalue weighted by atomic mass is 9.93. The second-order valence-corrected chi connectivity index (χ2v) is 6.57. The highest BCUT2D eigenvalue weighted by atomic mass is 16.7. The Morgan fingerprint density at radius 1 is 1.27 bits per heavy atom. The number of hydrazone groups is 1. The molecule has 0 saturated heterocycles. The Bertz CT molecular complexity index is 1150. The predicted octanol–water partition coefficient (Wildman–Crippen LogP) is 2.04. The van der Waals surface area contributed by atoms with E-state index in [2.05, 4.69) is 20.7 Å². The van der Waals surface area contributed by atoms with Crippen LogP contribution in [0.4, 0.5) is 10.5 Å². The molecule has 0 fully saturated rings. The number of nitrogens with one attached hydrogen (secondary N) is 1. The number of rotatable bonds is 4. The van der Waals surface area contributed by atoms with E-state index in [4.69, 9.17) is 15.2 Å². The molecule has 0 saturated carbocycles. The van der Waals surface area contributed by atoms with Crippen LogP contribution in [-0.2, 0) is 6.42 Å². The molecular formula is C19H16N6O5. The molecule has 3 N–H and O–H groups in total. The third kappa shape index (κ3) is 3.68. The van der Waals surface area contributed by atoms with E-state index in [0.717, 1.165) is 11.1 Å². The van der Waals surface area contributed by atoms with E-state index < -0.39 is 11.0 Å². The van der Waals surface area contributed by atoms with Crippen molar-refractivity contribution in [3.05, 3.63) is 62.7 Å². The van der Waals surface area contributed by atoms with Gasteiger partial charge in [0.1, 0.15) is 5.71 Å². The van der Waals surface area contributed by atoms with E-state index in [1.54, 1.807) is 19.1 Å². The monoisotopic (exact) mass is 408 g/mol. The summed E-state index contributed by atoms with van der Waals surface area (Å²) >= 11 is 0. The largest absolute Gasteiger partial charge is 0.454 e. The first-order chi connectivity index (χ1) is 14.4. The summed E-state index contributed by atoms with van der Waals surface area (Å²) in [7, 11) is 0. The van der Waals surface area contributed by atoms with Crippen LogP contribution in [0.1, 0.15) is 22.3 Å². The van der Waals surface area contributed by atoms with Crippen molar-refractivity contribution in [2.45, 2.75) is 13.3 Å². The molecule has 0 radical (unpaired) electrons. The van der Waals surface area contributed by atoms with E-state index in [1.807, 2.05) is 12.1 Å². The number of hydrogen-bond donors (Lipinski definition) is 2. The zero-order valence-corrected chi connectivity index (χ0v) is 15.8. The van der Waals surface area contributed by atoms with Crippen LogP contribution in [0.5, 0.6) is 11.5 Å². The van der Waals surface area contributed by atoms with Crippen LogP contribution in [0.25, 0.3) is 0 Å². The lowest BCUT2D eigenvalue weighted by Gasteiger charge is -2.11. The molecule has 11 heteroatoms. The third-order valence-corrected chi connectivity index (χ3v) is 4.56. The molecule has 0 bridgehead atoms. The van der Waals surface area contributed by atoms with Gasteiger partial charge in [-0.05, 0) is 36.8 Å². The number of nitro benzene ring substituents is 1. The first-order valence-electron chi connectivity index (χ1n) is 8.83. The maximum atomic E-state index is 11.2. The number of hydrogen-bond acceptors (Lipinski definition) is 8. The minimum absolute atomic E-state index is 0.0210. The molecule has 0 aromatic heterocycles. The molecule has 0 spiro atoms. The number of fused-ring (bicyclic) bond motifs is 2. The van der Waals surface area contributed by atoms with Crippen molar-refractivity contribution in [1.29, 1.82) is 0 Å². The quantitative estimate of drug-likeness (QED) is 0.450. The fourth-order valence-electron chi connectivity index (χ4n) is 3.21. The zero-order chi connectivity index (χ0) is 21.3. The summed E-state index contributed by atoms with van der Waals surface area (Å²) in [5.41, 5.74) is 10.9. The number of urea groups is 1. The van der Waals surface area contributed by atoms with E-state index in [1.165, 1.54) is 12.3 Å². The molecule has 0 aliphatic carbocycles. The molecule has 0 atom stereocenters. The summed E-state index contributed by atoms with van der Waals surface area (Å²) < 4.78 is 11.0. The Kier molecular flexibility index (Phi) is 4.84. The Morgan fingerprint density at radius 2 is 2.03 bits per heavy atom. The van der Waals surface area contributed by atoms with Crippen molar-refractivity contribution in [1.82, 2.24) is 5.43 Å². The minimum atomic E-state index is -0.796. The van der Waals surface area contributed by atoms with Crippen molar-refractivity contribution >= 4 is 29.4 Å². The highest BCUT2D eigenvalue weighted by molar-refractivity contribution is 6.32. The summed E-state index contributed by atoms with van der Waals surface area (Å²) in [6.45, 7) is 1.78. The molecule has 30 heavy (non-hydrogen) atoms. The number of primary amides is 1. The molecule has 2 aromatic rings. The van der Waals surface area contributed by atoms with Gasteiger partial charge in [-0.25, -0.2) is 10.2 Å². The Hall–Kier alpha value is -4.28. The van der Waals surface area contributed by atoms with Gasteiger partial charge in [0, 0.05) is 29.2 Å². The number of aryl methyl sites for hydroxylation is 1. The molecular weight excluding hydrogens is 392 g/mol. The zero-order valence-electron chi connectivity index (χ0n) is 15.8. The van der Waals surface area contributed by atoms with E-state index in [9.17, 15) is 14.9 Å². The number of nitrogens with zero attached hydrogens (tertiary/aromatic N) is 4. The van der Waals surface area contributed by atoms with Gasteiger partial charge in [-0.3, -0.25) is 10.1 Å². The second kappa shape index (κ2) is 7.62. The Morgan fingerprint density at radius 3 is 2.73 bits per heavy atom. The van der Waals surface area contributed by atoms with Gasteiger partial charge in [0.2, 0.25) is 6.79 Å². The maximum absolute atomic E-state index is 11.2. The van der Waals surface area contributed by atoms with Gasteiger partial charge in [-0.1, -0.05) is 0 Å². The lowest BCUT2D eigenvalue weighted by molar-refractivity contribution is -0.385. The number of benzene rings is 2. The predicted molar refractivity (Wildman–Crippen MR) is 108 cm³/mol. The van der Waals surface area contributed by atoms with Gasteiger partial charge in [-0.2, -0.15) is 10.2 Å². The van der Waals surface area contributed by atoms with Crippen molar-refractivity contribution in [3.8, 4) is 11.5 Å². The van der Waals surface area contributed by atoms with Crippen LogP contribution in [0, 0.1) is 17.0 Å². The van der Waals surface area contributed by atoms with Crippen LogP contribution >= 0.6 is 0 Å². The Balaban J connectivity index is 1.81. The summed E-state index contributed by atoms with van der Waals surface area (Å²) in [5.74, 6) is 1.18. The van der Waals surface area contributed by atoms with Gasteiger partial charge in [0.15, 0.2) is 11.5 Å².